The van der Waals surface area contributed by atoms with E-state index in [0.717, 1.165) is 25.9 Å². The van der Waals surface area contributed by atoms with Crippen LogP contribution in [0.3, 0.4) is 0 Å². The van der Waals surface area contributed by atoms with Crippen LogP contribution in [0.2, 0.25) is 0 Å². The second-order valence-electron chi connectivity index (χ2n) is 8.00. The molecule has 0 aromatic carbocycles. The SMILES string of the molecule is CC(C)(C)N1CC2CCC(C1)N2C(=O)C1CCC(F)(F)C1. The predicted octanol–water partition coefficient (Wildman–Crippen LogP) is 2.90. The molecular weight excluding hydrogens is 274 g/mol. The van der Waals surface area contributed by atoms with Gasteiger partial charge in [0.05, 0.1) is 0 Å². The lowest BCUT2D eigenvalue weighted by Gasteiger charge is -2.47. The lowest BCUT2D eigenvalue weighted by molar-refractivity contribution is -0.143. The zero-order valence-corrected chi connectivity index (χ0v) is 13.2. The first-order valence-corrected chi connectivity index (χ1v) is 8.12. The van der Waals surface area contributed by atoms with Gasteiger partial charge in [-0.1, -0.05) is 0 Å². The molecule has 0 aromatic rings. The number of carbonyl (C=O) groups is 1. The maximum atomic E-state index is 13.4. The van der Waals surface area contributed by atoms with Crippen LogP contribution in [-0.4, -0.2) is 52.3 Å². The molecule has 3 aliphatic rings. The van der Waals surface area contributed by atoms with Crippen molar-refractivity contribution in [2.75, 3.05) is 13.1 Å². The average molecular weight is 300 g/mol. The van der Waals surface area contributed by atoms with Crippen LogP contribution in [0.5, 0.6) is 0 Å². The van der Waals surface area contributed by atoms with Gasteiger partial charge in [0.25, 0.3) is 0 Å². The summed E-state index contributed by atoms with van der Waals surface area (Å²) in [5.74, 6) is -3.09. The second-order valence-corrected chi connectivity index (χ2v) is 8.00. The van der Waals surface area contributed by atoms with Gasteiger partial charge in [0, 0.05) is 49.5 Å². The Labute approximate surface area is 125 Å². The van der Waals surface area contributed by atoms with Crippen molar-refractivity contribution >= 4 is 5.91 Å². The Morgan fingerprint density at radius 1 is 1.10 bits per heavy atom. The van der Waals surface area contributed by atoms with Gasteiger partial charge in [-0.15, -0.1) is 0 Å². The standard InChI is InChI=1S/C16H26F2N2O/c1-15(2,3)19-9-12-4-5-13(10-19)20(12)14(21)11-6-7-16(17,18)8-11/h11-13H,4-10H2,1-3H3. The van der Waals surface area contributed by atoms with Crippen LogP contribution in [0, 0.1) is 5.92 Å². The fourth-order valence-electron chi connectivity index (χ4n) is 4.18. The van der Waals surface area contributed by atoms with E-state index >= 15 is 0 Å². The minimum absolute atomic E-state index is 0.00626. The summed E-state index contributed by atoms with van der Waals surface area (Å²) in [6, 6.07) is 0.453. The normalized spacial score (nSPS) is 36.2. The van der Waals surface area contributed by atoms with Gasteiger partial charge in [-0.05, 0) is 40.0 Å². The van der Waals surface area contributed by atoms with E-state index in [9.17, 15) is 13.6 Å². The Balaban J connectivity index is 1.70. The van der Waals surface area contributed by atoms with Crippen LogP contribution in [0.15, 0.2) is 0 Å². The molecule has 0 spiro atoms. The van der Waals surface area contributed by atoms with E-state index in [2.05, 4.69) is 25.7 Å². The summed E-state index contributed by atoms with van der Waals surface area (Å²) in [5, 5.41) is 0. The number of fused-ring (bicyclic) bond motifs is 2. The summed E-state index contributed by atoms with van der Waals surface area (Å²) < 4.78 is 26.7. The van der Waals surface area contributed by atoms with Crippen LogP contribution in [0.4, 0.5) is 8.78 Å². The number of alkyl halides is 2. The number of hydrogen-bond donors (Lipinski definition) is 0. The molecule has 1 saturated carbocycles. The van der Waals surface area contributed by atoms with Gasteiger partial charge in [0.15, 0.2) is 0 Å². The van der Waals surface area contributed by atoms with Crippen molar-refractivity contribution in [1.29, 1.82) is 0 Å². The average Bonchev–Trinajstić information content (AvgIpc) is 2.84. The second kappa shape index (κ2) is 4.90. The van der Waals surface area contributed by atoms with Gasteiger partial charge >= 0.3 is 0 Å². The highest BCUT2D eigenvalue weighted by atomic mass is 19.3. The van der Waals surface area contributed by atoms with Crippen molar-refractivity contribution in [2.45, 2.75) is 76.4 Å². The molecule has 21 heavy (non-hydrogen) atoms. The maximum absolute atomic E-state index is 13.4. The molecule has 0 radical (unpaired) electrons. The van der Waals surface area contributed by atoms with Crippen molar-refractivity contribution in [1.82, 2.24) is 9.80 Å². The van der Waals surface area contributed by atoms with E-state index < -0.39 is 11.8 Å². The quantitative estimate of drug-likeness (QED) is 0.743. The lowest BCUT2D eigenvalue weighted by atomic mass is 9.99. The first-order chi connectivity index (χ1) is 9.67. The van der Waals surface area contributed by atoms with Crippen LogP contribution < -0.4 is 0 Å². The number of nitrogens with zero attached hydrogens (tertiary/aromatic N) is 2. The molecule has 3 nitrogen and oxygen atoms in total. The van der Waals surface area contributed by atoms with Crippen molar-refractivity contribution in [3.05, 3.63) is 0 Å². The maximum Gasteiger partial charge on any atom is 0.248 e. The lowest BCUT2D eigenvalue weighted by Crippen LogP contribution is -2.60. The van der Waals surface area contributed by atoms with Gasteiger partial charge in [-0.25, -0.2) is 8.78 Å². The minimum atomic E-state index is -2.63. The van der Waals surface area contributed by atoms with Crippen molar-refractivity contribution in [3.8, 4) is 0 Å². The Morgan fingerprint density at radius 2 is 1.67 bits per heavy atom. The number of amides is 1. The molecular formula is C16H26F2N2O. The smallest absolute Gasteiger partial charge is 0.248 e. The van der Waals surface area contributed by atoms with E-state index in [-0.39, 0.29) is 36.4 Å². The largest absolute Gasteiger partial charge is 0.334 e. The highest BCUT2D eigenvalue weighted by molar-refractivity contribution is 5.80. The van der Waals surface area contributed by atoms with E-state index in [0.29, 0.717) is 6.42 Å². The fourth-order valence-corrected chi connectivity index (χ4v) is 4.18. The van der Waals surface area contributed by atoms with E-state index in [1.54, 1.807) is 0 Å². The van der Waals surface area contributed by atoms with E-state index in [4.69, 9.17) is 0 Å². The molecule has 3 atom stereocenters. The molecule has 1 aliphatic carbocycles. The molecule has 3 rings (SSSR count). The van der Waals surface area contributed by atoms with E-state index in [1.807, 2.05) is 4.90 Å². The van der Waals surface area contributed by atoms with Crippen LogP contribution in [0.25, 0.3) is 0 Å². The zero-order chi connectivity index (χ0) is 15.4. The Bertz CT molecular complexity index is 418. The molecule has 3 fully saturated rings. The highest BCUT2D eigenvalue weighted by Gasteiger charge is 2.49. The number of hydrogen-bond acceptors (Lipinski definition) is 2. The highest BCUT2D eigenvalue weighted by Crippen LogP contribution is 2.42. The molecule has 120 valence electrons. The molecule has 3 unspecified atom stereocenters. The summed E-state index contributed by atoms with van der Waals surface area (Å²) >= 11 is 0. The zero-order valence-electron chi connectivity index (χ0n) is 13.2. The fraction of sp³-hybridized carbons (Fsp3) is 0.938. The predicted molar refractivity (Wildman–Crippen MR) is 77.3 cm³/mol. The topological polar surface area (TPSA) is 23.6 Å². The molecule has 5 heteroatoms. The third-order valence-electron chi connectivity index (χ3n) is 5.44. The summed E-state index contributed by atoms with van der Waals surface area (Å²) in [7, 11) is 0. The Morgan fingerprint density at radius 3 is 2.10 bits per heavy atom. The summed E-state index contributed by atoms with van der Waals surface area (Å²) in [5.41, 5.74) is 0.108. The molecule has 2 aliphatic heterocycles. The molecule has 2 heterocycles. The Kier molecular flexibility index (Phi) is 3.55. The molecule has 2 saturated heterocycles. The van der Waals surface area contributed by atoms with Crippen LogP contribution >= 0.6 is 0 Å². The first kappa shape index (κ1) is 15.2. The summed E-state index contributed by atoms with van der Waals surface area (Å²) in [6.45, 7) is 8.36. The monoisotopic (exact) mass is 300 g/mol. The van der Waals surface area contributed by atoms with Gasteiger partial charge < -0.3 is 4.90 Å². The number of carbonyl (C=O) groups excluding carboxylic acids is 1. The Hall–Kier alpha value is -0.710. The van der Waals surface area contributed by atoms with Crippen LogP contribution in [-0.2, 0) is 4.79 Å². The number of likely N-dealkylation sites (tertiary alicyclic amines) is 1. The molecule has 2 bridgehead atoms. The summed E-state index contributed by atoms with van der Waals surface area (Å²) in [4.78, 5) is 17.1. The minimum Gasteiger partial charge on any atom is -0.334 e. The molecule has 1 amide bonds. The van der Waals surface area contributed by atoms with Gasteiger partial charge in [0.1, 0.15) is 0 Å². The number of halogens is 2. The van der Waals surface area contributed by atoms with Gasteiger partial charge in [0.2, 0.25) is 11.8 Å². The number of rotatable bonds is 1. The van der Waals surface area contributed by atoms with Crippen LogP contribution in [0.1, 0.15) is 52.9 Å². The number of piperazine rings is 1. The molecule has 0 aromatic heterocycles. The van der Waals surface area contributed by atoms with Crippen molar-refractivity contribution < 1.29 is 13.6 Å². The van der Waals surface area contributed by atoms with Gasteiger partial charge in [-0.2, -0.15) is 0 Å². The third kappa shape index (κ3) is 2.81. The van der Waals surface area contributed by atoms with Crippen molar-refractivity contribution in [2.24, 2.45) is 5.92 Å². The third-order valence-corrected chi connectivity index (χ3v) is 5.44. The van der Waals surface area contributed by atoms with Gasteiger partial charge in [-0.3, -0.25) is 9.69 Å². The van der Waals surface area contributed by atoms with Crippen molar-refractivity contribution in [3.63, 3.8) is 0 Å². The van der Waals surface area contributed by atoms with E-state index in [1.165, 1.54) is 0 Å². The summed E-state index contributed by atoms with van der Waals surface area (Å²) in [6.07, 6.45) is 2.02. The first-order valence-electron chi connectivity index (χ1n) is 8.12. The molecule has 0 N–H and O–H groups in total.